The number of aliphatic hydroxyl groups is 2. The Morgan fingerprint density at radius 2 is 1.53 bits per heavy atom. The summed E-state index contributed by atoms with van der Waals surface area (Å²) in [6.07, 6.45) is 2.24. The normalized spacial score (nSPS) is 14.1. The minimum absolute atomic E-state index is 0.0223. The number of hydrogen-bond donors (Lipinski definition) is 4. The predicted molar refractivity (Wildman–Crippen MR) is 179 cm³/mol. The first-order valence-corrected chi connectivity index (χ1v) is 17.3. The fourth-order valence-electron chi connectivity index (χ4n) is 5.05. The Labute approximate surface area is 275 Å². The second-order valence-electron chi connectivity index (χ2n) is 11.6. The number of benzene rings is 3. The smallest absolute Gasteiger partial charge is 0.251 e. The van der Waals surface area contributed by atoms with E-state index in [9.17, 15) is 28.2 Å². The van der Waals surface area contributed by atoms with Crippen molar-refractivity contribution in [1.82, 2.24) is 25.6 Å². The van der Waals surface area contributed by atoms with Crippen molar-refractivity contribution in [3.63, 3.8) is 0 Å². The zero-order valence-corrected chi connectivity index (χ0v) is 27.8. The van der Waals surface area contributed by atoms with Crippen molar-refractivity contribution in [2.24, 2.45) is 0 Å². The molecule has 0 saturated carbocycles. The number of nitrogens with zero attached hydrogens (tertiary/aromatic N) is 4. The van der Waals surface area contributed by atoms with E-state index < -0.39 is 40.1 Å². The number of amides is 2. The van der Waals surface area contributed by atoms with Gasteiger partial charge in [-0.3, -0.25) is 13.9 Å². The lowest BCUT2D eigenvalue weighted by Crippen LogP contribution is -2.46. The van der Waals surface area contributed by atoms with Crippen LogP contribution in [0, 0.1) is 0 Å². The van der Waals surface area contributed by atoms with E-state index in [-0.39, 0.29) is 35.8 Å². The van der Waals surface area contributed by atoms with E-state index in [4.69, 9.17) is 0 Å². The molecule has 1 unspecified atom stereocenters. The van der Waals surface area contributed by atoms with Gasteiger partial charge in [-0.25, -0.2) is 13.1 Å². The summed E-state index contributed by atoms with van der Waals surface area (Å²) in [6, 6.07) is 21.7. The molecule has 0 aliphatic rings. The molecule has 3 aromatic carbocycles. The van der Waals surface area contributed by atoms with Gasteiger partial charge in [-0.15, -0.1) is 5.10 Å². The molecule has 0 saturated heterocycles. The first-order valence-electron chi connectivity index (χ1n) is 15.4. The summed E-state index contributed by atoms with van der Waals surface area (Å²) in [5.41, 5.74) is 2.37. The van der Waals surface area contributed by atoms with E-state index in [1.165, 1.54) is 29.9 Å². The molecule has 13 heteroatoms. The summed E-state index contributed by atoms with van der Waals surface area (Å²) in [6.45, 7) is 3.75. The maximum absolute atomic E-state index is 13.8. The van der Waals surface area contributed by atoms with Crippen LogP contribution in [0.2, 0.25) is 0 Å². The Hall–Kier alpha value is -4.59. The van der Waals surface area contributed by atoms with Gasteiger partial charge in [0.15, 0.2) is 0 Å². The van der Waals surface area contributed by atoms with Crippen molar-refractivity contribution in [3.8, 4) is 0 Å². The standard InChI is InChI=1S/C34H42N6O6S/c1-5-12-31(41)30-21-40(38-37-30)22-32(42)29(17-24-13-8-6-9-14-24)36-34(44)27-18-26(19-28(20-27)39(3)47(4,45)46)33(43)35-23(2)25-15-10-7-11-16-25/h6-11,13-16,18-21,23,29,31-32,41-42H,5,12,17,22H2,1-4H3,(H,35,43)(H,36,44)/t23-,29+,31?,32+/m1/s1. The highest BCUT2D eigenvalue weighted by molar-refractivity contribution is 7.92. The number of hydrogen-bond acceptors (Lipinski definition) is 8. The molecule has 250 valence electrons. The van der Waals surface area contributed by atoms with E-state index in [2.05, 4.69) is 20.9 Å². The lowest BCUT2D eigenvalue weighted by atomic mass is 10.00. The molecule has 0 radical (unpaired) electrons. The third-order valence-electron chi connectivity index (χ3n) is 7.86. The van der Waals surface area contributed by atoms with Gasteiger partial charge in [-0.05, 0) is 49.1 Å². The van der Waals surface area contributed by atoms with Gasteiger partial charge in [0.05, 0.1) is 49.0 Å². The Bertz CT molecular complexity index is 1750. The minimum atomic E-state index is -3.73. The third kappa shape index (κ3) is 9.70. The summed E-state index contributed by atoms with van der Waals surface area (Å²) in [5, 5.41) is 35.5. The van der Waals surface area contributed by atoms with Crippen LogP contribution in [-0.2, 0) is 23.0 Å². The minimum Gasteiger partial charge on any atom is -0.389 e. The van der Waals surface area contributed by atoms with Crippen molar-refractivity contribution in [2.45, 2.75) is 63.9 Å². The van der Waals surface area contributed by atoms with Crippen LogP contribution in [0.4, 0.5) is 5.69 Å². The Kier molecular flexibility index (Phi) is 11.9. The SMILES string of the molecule is CCCC(O)c1cn(C[C@H](O)[C@H](Cc2ccccc2)NC(=O)c2cc(C(=O)N[C@H](C)c3ccccc3)cc(N(C)S(C)(=O)=O)c2)nn1. The average molecular weight is 663 g/mol. The van der Waals surface area contributed by atoms with Gasteiger partial charge in [0.1, 0.15) is 5.69 Å². The van der Waals surface area contributed by atoms with Gasteiger partial charge in [-0.1, -0.05) is 79.2 Å². The molecule has 4 atom stereocenters. The van der Waals surface area contributed by atoms with Gasteiger partial charge in [0.2, 0.25) is 10.0 Å². The molecule has 1 heterocycles. The van der Waals surface area contributed by atoms with Crippen LogP contribution in [0.25, 0.3) is 0 Å². The van der Waals surface area contributed by atoms with Crippen molar-refractivity contribution >= 4 is 27.5 Å². The quantitative estimate of drug-likeness (QED) is 0.150. The monoisotopic (exact) mass is 662 g/mol. The summed E-state index contributed by atoms with van der Waals surface area (Å²) >= 11 is 0. The number of nitrogens with one attached hydrogen (secondary N) is 2. The average Bonchev–Trinajstić information content (AvgIpc) is 3.53. The van der Waals surface area contributed by atoms with Crippen molar-refractivity contribution < 1.29 is 28.2 Å². The number of carbonyl (C=O) groups excluding carboxylic acids is 2. The highest BCUT2D eigenvalue weighted by Crippen LogP contribution is 2.23. The second kappa shape index (κ2) is 15.8. The second-order valence-corrected chi connectivity index (χ2v) is 13.6. The summed E-state index contributed by atoms with van der Waals surface area (Å²) < 4.78 is 27.3. The topological polar surface area (TPSA) is 167 Å². The van der Waals surface area contributed by atoms with Crippen molar-refractivity contribution in [2.75, 3.05) is 17.6 Å². The Morgan fingerprint density at radius 1 is 0.936 bits per heavy atom. The van der Waals surface area contributed by atoms with E-state index >= 15 is 0 Å². The van der Waals surface area contributed by atoms with Gasteiger partial charge in [0.25, 0.3) is 11.8 Å². The number of anilines is 1. The van der Waals surface area contributed by atoms with E-state index in [1.54, 1.807) is 6.20 Å². The molecule has 0 bridgehead atoms. The molecule has 12 nitrogen and oxygen atoms in total. The molecule has 4 rings (SSSR count). The van der Waals surface area contributed by atoms with E-state index in [0.717, 1.165) is 28.1 Å². The van der Waals surface area contributed by atoms with E-state index in [1.807, 2.05) is 74.5 Å². The van der Waals surface area contributed by atoms with Gasteiger partial charge >= 0.3 is 0 Å². The maximum Gasteiger partial charge on any atom is 0.251 e. The van der Waals surface area contributed by atoms with Crippen LogP contribution >= 0.6 is 0 Å². The molecular formula is C34H42N6O6S. The van der Waals surface area contributed by atoms with Gasteiger partial charge in [-0.2, -0.15) is 0 Å². The van der Waals surface area contributed by atoms with Crippen molar-refractivity contribution in [3.05, 3.63) is 113 Å². The number of rotatable bonds is 15. The molecule has 0 spiro atoms. The first-order chi connectivity index (χ1) is 22.3. The Morgan fingerprint density at radius 3 is 2.13 bits per heavy atom. The Balaban J connectivity index is 1.62. The highest BCUT2D eigenvalue weighted by atomic mass is 32.2. The number of carbonyl (C=O) groups is 2. The zero-order valence-electron chi connectivity index (χ0n) is 26.9. The highest BCUT2D eigenvalue weighted by Gasteiger charge is 2.26. The van der Waals surface area contributed by atoms with Crippen LogP contribution in [-0.4, -0.2) is 70.9 Å². The molecule has 0 aliphatic carbocycles. The lowest BCUT2D eigenvalue weighted by Gasteiger charge is -2.25. The molecule has 4 N–H and O–H groups in total. The largest absolute Gasteiger partial charge is 0.389 e. The summed E-state index contributed by atoms with van der Waals surface area (Å²) in [4.78, 5) is 27.2. The van der Waals surface area contributed by atoms with Crippen LogP contribution in [0.3, 0.4) is 0 Å². The number of aromatic nitrogens is 3. The fourth-order valence-corrected chi connectivity index (χ4v) is 5.54. The predicted octanol–water partition coefficient (Wildman–Crippen LogP) is 3.40. The molecule has 47 heavy (non-hydrogen) atoms. The van der Waals surface area contributed by atoms with E-state index in [0.29, 0.717) is 12.1 Å². The number of aliphatic hydroxyl groups excluding tert-OH is 2. The van der Waals surface area contributed by atoms with Crippen LogP contribution < -0.4 is 14.9 Å². The molecule has 1 aromatic heterocycles. The van der Waals surface area contributed by atoms with Crippen molar-refractivity contribution in [1.29, 1.82) is 0 Å². The molecule has 2 amide bonds. The molecule has 0 aliphatic heterocycles. The maximum atomic E-state index is 13.8. The summed E-state index contributed by atoms with van der Waals surface area (Å²) in [5.74, 6) is -1.11. The van der Waals surface area contributed by atoms with Gasteiger partial charge in [0, 0.05) is 18.2 Å². The molecular weight excluding hydrogens is 620 g/mol. The third-order valence-corrected chi connectivity index (χ3v) is 9.07. The lowest BCUT2D eigenvalue weighted by molar-refractivity contribution is 0.0778. The van der Waals surface area contributed by atoms with Gasteiger partial charge < -0.3 is 20.8 Å². The van der Waals surface area contributed by atoms with Crippen LogP contribution in [0.15, 0.2) is 85.1 Å². The van der Waals surface area contributed by atoms with Crippen LogP contribution in [0.5, 0.6) is 0 Å². The molecule has 0 fully saturated rings. The number of sulfonamides is 1. The molecule has 4 aromatic rings. The first kappa shape index (κ1) is 35.3. The fraction of sp³-hybridized carbons (Fsp3) is 0.353. The zero-order chi connectivity index (χ0) is 34.1. The van der Waals surface area contributed by atoms with Crippen LogP contribution in [0.1, 0.15) is 76.4 Å². The summed E-state index contributed by atoms with van der Waals surface area (Å²) in [7, 11) is -2.39.